The van der Waals surface area contributed by atoms with Crippen LogP contribution in [0.3, 0.4) is 0 Å². The van der Waals surface area contributed by atoms with Gasteiger partial charge in [-0.25, -0.2) is 0 Å². The topological polar surface area (TPSA) is 42.7 Å². The van der Waals surface area contributed by atoms with E-state index in [1.54, 1.807) is 18.1 Å². The van der Waals surface area contributed by atoms with Crippen molar-refractivity contribution in [3.63, 3.8) is 0 Å². The van der Waals surface area contributed by atoms with Crippen molar-refractivity contribution < 1.29 is 0 Å². The highest BCUT2D eigenvalue weighted by molar-refractivity contribution is 7.99. The summed E-state index contributed by atoms with van der Waals surface area (Å²) in [6.07, 6.45) is 1.73. The average molecular weight is 298 g/mol. The largest absolute Gasteiger partial charge is 0.312 e. The first-order chi connectivity index (χ1) is 10.3. The molecule has 3 rings (SSSR count). The zero-order valence-corrected chi connectivity index (χ0v) is 13.0. The summed E-state index contributed by atoms with van der Waals surface area (Å²) >= 11 is 1.72. The van der Waals surface area contributed by atoms with Crippen LogP contribution in [0.4, 0.5) is 0 Å². The summed E-state index contributed by atoms with van der Waals surface area (Å²) in [5.74, 6) is 0.914. The van der Waals surface area contributed by atoms with E-state index in [1.165, 1.54) is 16.3 Å². The first-order valence-electron chi connectivity index (χ1n) is 6.91. The van der Waals surface area contributed by atoms with Crippen LogP contribution in [-0.4, -0.2) is 27.6 Å². The van der Waals surface area contributed by atoms with E-state index >= 15 is 0 Å². The van der Waals surface area contributed by atoms with Crippen molar-refractivity contribution in [1.29, 1.82) is 0 Å². The van der Waals surface area contributed by atoms with E-state index in [1.807, 2.05) is 18.7 Å². The fraction of sp³-hybridized carbons (Fsp3) is 0.250. The third-order valence-electron chi connectivity index (χ3n) is 3.60. The van der Waals surface area contributed by atoms with Crippen molar-refractivity contribution in [3.05, 3.63) is 54.4 Å². The Labute approximate surface area is 128 Å². The molecule has 1 aromatic heterocycles. The smallest absolute Gasteiger partial charge is 0.190 e. The van der Waals surface area contributed by atoms with Crippen LogP contribution in [0.25, 0.3) is 10.8 Å². The second-order valence-corrected chi connectivity index (χ2v) is 5.93. The number of benzene rings is 2. The molecule has 2 aromatic carbocycles. The second kappa shape index (κ2) is 6.28. The summed E-state index contributed by atoms with van der Waals surface area (Å²) in [7, 11) is 3.97. The van der Waals surface area contributed by atoms with E-state index < -0.39 is 0 Å². The van der Waals surface area contributed by atoms with Gasteiger partial charge < -0.3 is 9.88 Å². The van der Waals surface area contributed by atoms with E-state index in [9.17, 15) is 0 Å². The molecule has 21 heavy (non-hydrogen) atoms. The van der Waals surface area contributed by atoms with Gasteiger partial charge in [0.25, 0.3) is 0 Å². The molecule has 0 bridgehead atoms. The number of hydrogen-bond donors (Lipinski definition) is 1. The lowest BCUT2D eigenvalue weighted by atomic mass is 10.00. The monoisotopic (exact) mass is 298 g/mol. The molecule has 1 heterocycles. The summed E-state index contributed by atoms with van der Waals surface area (Å²) in [6, 6.07) is 15.3. The minimum atomic E-state index is 0.276. The molecule has 1 atom stereocenters. The van der Waals surface area contributed by atoms with E-state index in [0.29, 0.717) is 0 Å². The fourth-order valence-electron chi connectivity index (χ4n) is 2.44. The number of rotatable bonds is 5. The summed E-state index contributed by atoms with van der Waals surface area (Å²) in [5, 5.41) is 15.0. The van der Waals surface area contributed by atoms with Crippen molar-refractivity contribution in [1.82, 2.24) is 20.1 Å². The average Bonchev–Trinajstić information content (AvgIpc) is 2.93. The third-order valence-corrected chi connectivity index (χ3v) is 4.72. The molecule has 0 aliphatic carbocycles. The second-order valence-electron chi connectivity index (χ2n) is 4.95. The molecule has 0 fully saturated rings. The molecule has 0 aliphatic rings. The number of hydrogen-bond acceptors (Lipinski definition) is 4. The van der Waals surface area contributed by atoms with Crippen molar-refractivity contribution in [2.45, 2.75) is 11.2 Å². The summed E-state index contributed by atoms with van der Waals surface area (Å²) in [4.78, 5) is 0. The third kappa shape index (κ3) is 2.94. The van der Waals surface area contributed by atoms with Crippen LogP contribution in [0.2, 0.25) is 0 Å². The van der Waals surface area contributed by atoms with E-state index in [4.69, 9.17) is 0 Å². The standard InChI is InChI=1S/C16H18N4S/c1-17-15(10-21-16-19-18-11-20(16)2)14-9-5-7-12-6-3-4-8-13(12)14/h3-9,11,15,17H,10H2,1-2H3. The maximum Gasteiger partial charge on any atom is 0.190 e. The van der Waals surface area contributed by atoms with Gasteiger partial charge in [-0.15, -0.1) is 10.2 Å². The number of aryl methyl sites for hydroxylation is 1. The van der Waals surface area contributed by atoms with Gasteiger partial charge in [-0.2, -0.15) is 0 Å². The Balaban J connectivity index is 1.86. The lowest BCUT2D eigenvalue weighted by Crippen LogP contribution is -2.19. The minimum absolute atomic E-state index is 0.276. The van der Waals surface area contributed by atoms with E-state index in [0.717, 1.165) is 10.9 Å². The van der Waals surface area contributed by atoms with Crippen molar-refractivity contribution >= 4 is 22.5 Å². The van der Waals surface area contributed by atoms with Gasteiger partial charge in [-0.05, 0) is 23.4 Å². The highest BCUT2D eigenvalue weighted by Gasteiger charge is 2.14. The zero-order chi connectivity index (χ0) is 14.7. The van der Waals surface area contributed by atoms with Gasteiger partial charge in [0.2, 0.25) is 0 Å². The lowest BCUT2D eigenvalue weighted by molar-refractivity contribution is 0.664. The molecule has 5 heteroatoms. The van der Waals surface area contributed by atoms with Gasteiger partial charge in [0.1, 0.15) is 6.33 Å². The summed E-state index contributed by atoms with van der Waals surface area (Å²) in [6.45, 7) is 0. The van der Waals surface area contributed by atoms with Gasteiger partial charge in [0.15, 0.2) is 5.16 Å². The summed E-state index contributed by atoms with van der Waals surface area (Å²) in [5.41, 5.74) is 1.32. The highest BCUT2D eigenvalue weighted by atomic mass is 32.2. The van der Waals surface area contributed by atoms with Crippen LogP contribution < -0.4 is 5.32 Å². The predicted molar refractivity (Wildman–Crippen MR) is 87.5 cm³/mol. The van der Waals surface area contributed by atoms with Gasteiger partial charge in [0, 0.05) is 18.8 Å². The van der Waals surface area contributed by atoms with Crippen molar-refractivity contribution in [3.8, 4) is 0 Å². The number of thioether (sulfide) groups is 1. The molecule has 1 unspecified atom stereocenters. The van der Waals surface area contributed by atoms with Gasteiger partial charge >= 0.3 is 0 Å². The van der Waals surface area contributed by atoms with E-state index in [2.05, 4.69) is 58.0 Å². The van der Waals surface area contributed by atoms with Gasteiger partial charge in [0.05, 0.1) is 0 Å². The fourth-order valence-corrected chi connectivity index (χ4v) is 3.46. The zero-order valence-electron chi connectivity index (χ0n) is 12.2. The molecular formula is C16H18N4S. The molecule has 0 saturated heterocycles. The first kappa shape index (κ1) is 14.1. The van der Waals surface area contributed by atoms with Crippen LogP contribution in [0.15, 0.2) is 53.9 Å². The lowest BCUT2D eigenvalue weighted by Gasteiger charge is -2.18. The molecule has 0 aliphatic heterocycles. The quantitative estimate of drug-likeness (QED) is 0.735. The molecule has 1 N–H and O–H groups in total. The van der Waals surface area contributed by atoms with Crippen molar-refractivity contribution in [2.75, 3.05) is 12.8 Å². The number of nitrogens with one attached hydrogen (secondary N) is 1. The molecule has 0 radical (unpaired) electrons. The Bertz CT molecular complexity index is 732. The Hall–Kier alpha value is -1.85. The molecule has 0 saturated carbocycles. The Morgan fingerprint density at radius 2 is 2.00 bits per heavy atom. The van der Waals surface area contributed by atoms with Crippen molar-refractivity contribution in [2.24, 2.45) is 7.05 Å². The maximum absolute atomic E-state index is 4.13. The predicted octanol–water partition coefficient (Wildman–Crippen LogP) is 3.02. The summed E-state index contributed by atoms with van der Waals surface area (Å²) < 4.78 is 1.94. The molecule has 4 nitrogen and oxygen atoms in total. The number of nitrogens with zero attached hydrogens (tertiary/aromatic N) is 3. The minimum Gasteiger partial charge on any atom is -0.312 e. The molecule has 0 spiro atoms. The van der Waals surface area contributed by atoms with Crippen LogP contribution in [0.1, 0.15) is 11.6 Å². The number of aromatic nitrogens is 3. The SMILES string of the molecule is CNC(CSc1nncn1C)c1cccc2ccccc12. The maximum atomic E-state index is 4.13. The van der Waals surface area contributed by atoms with Crippen LogP contribution >= 0.6 is 11.8 Å². The molecular weight excluding hydrogens is 280 g/mol. The Kier molecular flexibility index (Phi) is 4.22. The molecule has 3 aromatic rings. The molecule has 0 amide bonds. The Morgan fingerprint density at radius 3 is 2.76 bits per heavy atom. The van der Waals surface area contributed by atoms with Gasteiger partial charge in [-0.3, -0.25) is 0 Å². The van der Waals surface area contributed by atoms with Crippen LogP contribution in [-0.2, 0) is 7.05 Å². The number of fused-ring (bicyclic) bond motifs is 1. The van der Waals surface area contributed by atoms with E-state index in [-0.39, 0.29) is 6.04 Å². The van der Waals surface area contributed by atoms with Gasteiger partial charge in [-0.1, -0.05) is 54.2 Å². The normalized spacial score (nSPS) is 12.7. The Morgan fingerprint density at radius 1 is 1.19 bits per heavy atom. The van der Waals surface area contributed by atoms with Crippen LogP contribution in [0.5, 0.6) is 0 Å². The first-order valence-corrected chi connectivity index (χ1v) is 7.90. The van der Waals surface area contributed by atoms with Crippen LogP contribution in [0, 0.1) is 0 Å². The molecule has 108 valence electrons. The highest BCUT2D eigenvalue weighted by Crippen LogP contribution is 2.28.